The number of oxazole rings is 1. The van der Waals surface area contributed by atoms with E-state index in [1.165, 1.54) is 0 Å². The maximum absolute atomic E-state index is 14.0. The number of hydrogen-bond acceptors (Lipinski definition) is 6. The lowest BCUT2D eigenvalue weighted by molar-refractivity contribution is -0.118. The van der Waals surface area contributed by atoms with Gasteiger partial charge in [-0.15, -0.1) is 0 Å². The van der Waals surface area contributed by atoms with E-state index in [4.69, 9.17) is 8.97 Å². The molecule has 1 unspecified atom stereocenters. The van der Waals surface area contributed by atoms with Gasteiger partial charge in [0.15, 0.2) is 5.58 Å². The molecule has 0 aliphatic rings. The largest absolute Gasteiger partial charge is 0.436 e. The molecule has 0 aliphatic heterocycles. The van der Waals surface area contributed by atoms with Crippen molar-refractivity contribution in [3.8, 4) is 11.5 Å². The summed E-state index contributed by atoms with van der Waals surface area (Å²) >= 11 is 0. The Morgan fingerprint density at radius 1 is 0.896 bits per heavy atom. The number of carbonyl (C=O) groups excluding carboxylic acids is 2. The summed E-state index contributed by atoms with van der Waals surface area (Å²) in [5.74, 6) is -1.59. The summed E-state index contributed by atoms with van der Waals surface area (Å²) in [6.07, 6.45) is 4.21. The van der Waals surface area contributed by atoms with Crippen molar-refractivity contribution in [3.63, 3.8) is 0 Å². The second-order valence-electron chi connectivity index (χ2n) is 12.8. The minimum Gasteiger partial charge on any atom is -0.436 e. The highest BCUT2D eigenvalue weighted by molar-refractivity contribution is 7.85. The summed E-state index contributed by atoms with van der Waals surface area (Å²) in [4.78, 5) is 31.1. The van der Waals surface area contributed by atoms with E-state index in [1.807, 2.05) is 79.7 Å². The van der Waals surface area contributed by atoms with Crippen LogP contribution in [-0.4, -0.2) is 42.1 Å². The van der Waals surface area contributed by atoms with Crippen molar-refractivity contribution in [3.05, 3.63) is 125 Å². The molecule has 0 spiro atoms. The second kappa shape index (κ2) is 14.4. The Kier molecular flexibility index (Phi) is 10.3. The monoisotopic (exact) mass is 665 g/mol. The summed E-state index contributed by atoms with van der Waals surface area (Å²) in [5, 5.41) is 5.57. The Labute approximate surface area is 280 Å². The van der Waals surface area contributed by atoms with Crippen molar-refractivity contribution in [1.82, 2.24) is 10.3 Å². The number of nitrogens with one attached hydrogen (secondary N) is 2. The van der Waals surface area contributed by atoms with Gasteiger partial charge in [0.25, 0.3) is 16.0 Å². The van der Waals surface area contributed by atoms with Crippen LogP contribution in [0.25, 0.3) is 28.6 Å². The number of carbonyl (C=O) groups is 2. The van der Waals surface area contributed by atoms with Crippen LogP contribution in [0.5, 0.6) is 0 Å². The molecule has 2 amide bonds. The fraction of sp³-hybridized carbons (Fsp3) is 0.237. The van der Waals surface area contributed by atoms with Crippen LogP contribution < -0.4 is 10.6 Å². The van der Waals surface area contributed by atoms with Crippen molar-refractivity contribution in [1.29, 1.82) is 0 Å². The van der Waals surface area contributed by atoms with Crippen LogP contribution in [0, 0.1) is 5.41 Å². The van der Waals surface area contributed by atoms with Gasteiger partial charge in [0.05, 0.1) is 11.7 Å². The SMILES string of the molecule is C[C@@H](c1ccc(C(=O)NCCS(=O)(=O)O)cc1)C(C(=O)Nc1ccc(-c2nc3ccccc3o2)cc1)c1ccc(/C=C/C(C)(C)C)cc1. The number of para-hydroxylation sites is 2. The van der Waals surface area contributed by atoms with E-state index >= 15 is 0 Å². The minimum atomic E-state index is -4.18. The molecular weight excluding hydrogens is 627 g/mol. The van der Waals surface area contributed by atoms with Gasteiger partial charge in [0.1, 0.15) is 5.52 Å². The predicted octanol–water partition coefficient (Wildman–Crippen LogP) is 7.70. The molecule has 3 N–H and O–H groups in total. The van der Waals surface area contributed by atoms with E-state index in [9.17, 15) is 18.0 Å². The normalized spacial score (nSPS) is 13.4. The zero-order valence-corrected chi connectivity index (χ0v) is 28.1. The van der Waals surface area contributed by atoms with Gasteiger partial charge in [-0.3, -0.25) is 14.1 Å². The van der Waals surface area contributed by atoms with Crippen molar-refractivity contribution >= 4 is 44.8 Å². The maximum atomic E-state index is 14.0. The number of nitrogens with zero attached hydrogens (tertiary/aromatic N) is 1. The molecule has 0 radical (unpaired) electrons. The van der Waals surface area contributed by atoms with Gasteiger partial charge >= 0.3 is 0 Å². The molecule has 5 rings (SSSR count). The van der Waals surface area contributed by atoms with Crippen LogP contribution in [0.15, 0.2) is 108 Å². The molecular formula is C38H39N3O6S. The maximum Gasteiger partial charge on any atom is 0.266 e. The lowest BCUT2D eigenvalue weighted by atomic mass is 9.81. The molecule has 9 nitrogen and oxygen atoms in total. The summed E-state index contributed by atoms with van der Waals surface area (Å²) in [6.45, 7) is 8.15. The molecule has 0 saturated heterocycles. The van der Waals surface area contributed by atoms with Crippen molar-refractivity contribution in [2.75, 3.05) is 17.6 Å². The Hall–Kier alpha value is -5.06. The molecule has 1 aromatic heterocycles. The van der Waals surface area contributed by atoms with Crippen LogP contribution >= 0.6 is 0 Å². The van der Waals surface area contributed by atoms with Gasteiger partial charge in [0.2, 0.25) is 11.8 Å². The van der Waals surface area contributed by atoms with Crippen LogP contribution in [0.1, 0.15) is 66.6 Å². The number of benzene rings is 4. The third kappa shape index (κ3) is 9.05. The highest BCUT2D eigenvalue weighted by Crippen LogP contribution is 2.35. The highest BCUT2D eigenvalue weighted by atomic mass is 32.2. The Balaban J connectivity index is 1.37. The number of allylic oxidation sites excluding steroid dienone is 1. The smallest absolute Gasteiger partial charge is 0.266 e. The van der Waals surface area contributed by atoms with E-state index < -0.39 is 27.7 Å². The van der Waals surface area contributed by atoms with Gasteiger partial charge in [-0.05, 0) is 76.6 Å². The van der Waals surface area contributed by atoms with Gasteiger partial charge in [-0.1, -0.05) is 88.4 Å². The molecule has 248 valence electrons. The van der Waals surface area contributed by atoms with Crippen LogP contribution in [0.3, 0.4) is 0 Å². The fourth-order valence-electron chi connectivity index (χ4n) is 5.27. The van der Waals surface area contributed by atoms with E-state index in [2.05, 4.69) is 48.5 Å². The first-order chi connectivity index (χ1) is 22.8. The molecule has 10 heteroatoms. The zero-order valence-electron chi connectivity index (χ0n) is 27.3. The van der Waals surface area contributed by atoms with Crippen LogP contribution in [0.2, 0.25) is 0 Å². The number of aromatic nitrogens is 1. The van der Waals surface area contributed by atoms with Crippen LogP contribution in [0.4, 0.5) is 5.69 Å². The Morgan fingerprint density at radius 2 is 1.54 bits per heavy atom. The first-order valence-corrected chi connectivity index (χ1v) is 17.3. The quantitative estimate of drug-likeness (QED) is 0.123. The summed E-state index contributed by atoms with van der Waals surface area (Å²) in [7, 11) is -4.18. The van der Waals surface area contributed by atoms with Gasteiger partial charge in [-0.25, -0.2) is 4.98 Å². The summed E-state index contributed by atoms with van der Waals surface area (Å²) in [6, 6.07) is 29.7. The second-order valence-corrected chi connectivity index (χ2v) is 14.4. The van der Waals surface area contributed by atoms with E-state index in [0.717, 1.165) is 27.8 Å². The summed E-state index contributed by atoms with van der Waals surface area (Å²) < 4.78 is 36.8. The van der Waals surface area contributed by atoms with Crippen molar-refractivity contribution in [2.24, 2.45) is 5.41 Å². The molecule has 5 aromatic rings. The van der Waals surface area contributed by atoms with E-state index in [1.54, 1.807) is 24.3 Å². The Bertz CT molecular complexity index is 1990. The molecule has 1 heterocycles. The minimum absolute atomic E-state index is 0.0330. The van der Waals surface area contributed by atoms with Crippen molar-refractivity contribution < 1.29 is 27.0 Å². The topological polar surface area (TPSA) is 139 Å². The number of rotatable bonds is 11. The Morgan fingerprint density at radius 3 is 2.17 bits per heavy atom. The first kappa shape index (κ1) is 34.3. The lowest BCUT2D eigenvalue weighted by Gasteiger charge is -2.25. The number of fused-ring (bicyclic) bond motifs is 1. The fourth-order valence-corrected chi connectivity index (χ4v) is 5.63. The average Bonchev–Trinajstić information content (AvgIpc) is 3.48. The highest BCUT2D eigenvalue weighted by Gasteiger charge is 2.29. The molecule has 0 fully saturated rings. The molecule has 0 saturated carbocycles. The third-order valence-electron chi connectivity index (χ3n) is 7.89. The zero-order chi connectivity index (χ0) is 34.5. The van der Waals surface area contributed by atoms with E-state index in [-0.39, 0.29) is 23.8 Å². The molecule has 0 aliphatic carbocycles. The standard InChI is InChI=1S/C38H39N3O6S/c1-25(27-13-15-29(16-14-27)35(42)39-23-24-48(44,45)46)34(28-11-9-26(10-12-28)21-22-38(2,3)4)36(43)40-31-19-17-30(18-20-31)37-41-32-7-5-6-8-33(32)47-37/h5-22,25,34H,23-24H2,1-4H3,(H,39,42)(H,40,43)(H,44,45,46)/b22-21+/t25-,34?/m0/s1. The average molecular weight is 666 g/mol. The molecule has 2 atom stereocenters. The molecule has 0 bridgehead atoms. The van der Waals surface area contributed by atoms with Gasteiger partial charge in [0, 0.05) is 23.4 Å². The summed E-state index contributed by atoms with van der Waals surface area (Å²) in [5.41, 5.74) is 5.95. The van der Waals surface area contributed by atoms with Gasteiger partial charge in [-0.2, -0.15) is 8.42 Å². The van der Waals surface area contributed by atoms with E-state index in [0.29, 0.717) is 22.7 Å². The first-order valence-electron chi connectivity index (χ1n) is 15.7. The van der Waals surface area contributed by atoms with Gasteiger partial charge < -0.3 is 15.1 Å². The van der Waals surface area contributed by atoms with Crippen LogP contribution in [-0.2, 0) is 14.9 Å². The number of anilines is 1. The third-order valence-corrected chi connectivity index (χ3v) is 8.61. The molecule has 48 heavy (non-hydrogen) atoms. The predicted molar refractivity (Wildman–Crippen MR) is 189 cm³/mol. The molecule has 4 aromatic carbocycles. The lowest BCUT2D eigenvalue weighted by Crippen LogP contribution is -2.29. The number of amides is 2. The van der Waals surface area contributed by atoms with Crippen molar-refractivity contribution in [2.45, 2.75) is 39.5 Å². The number of hydrogen-bond donors (Lipinski definition) is 3.